The fourth-order valence-corrected chi connectivity index (χ4v) is 3.67. The molecule has 1 saturated carbocycles. The van der Waals surface area contributed by atoms with E-state index in [4.69, 9.17) is 4.74 Å². The lowest BCUT2D eigenvalue weighted by Gasteiger charge is -2.48. The summed E-state index contributed by atoms with van der Waals surface area (Å²) in [4.78, 5) is 37.5. The van der Waals surface area contributed by atoms with Crippen molar-refractivity contribution in [2.75, 3.05) is 13.7 Å². The molecule has 0 aromatic rings. The topological polar surface area (TPSA) is 84.9 Å². The molecule has 2 unspecified atom stereocenters. The molecule has 1 aliphatic heterocycles. The Balaban J connectivity index is 1.89. The second-order valence-corrected chi connectivity index (χ2v) is 8.27. The van der Waals surface area contributed by atoms with Gasteiger partial charge in [-0.2, -0.15) is 0 Å². The summed E-state index contributed by atoms with van der Waals surface area (Å²) in [5.41, 5.74) is -0.517. The van der Waals surface area contributed by atoms with E-state index >= 15 is 0 Å². The van der Waals surface area contributed by atoms with Crippen molar-refractivity contribution in [3.8, 4) is 0 Å². The number of carbonyl (C=O) groups is 3. The van der Waals surface area contributed by atoms with E-state index in [0.717, 1.165) is 25.7 Å². The summed E-state index contributed by atoms with van der Waals surface area (Å²) >= 11 is 0. The number of rotatable bonds is 2. The predicted molar refractivity (Wildman–Crippen MR) is 91.8 cm³/mol. The Kier molecular flexibility index (Phi) is 5.95. The third kappa shape index (κ3) is 5.09. The van der Waals surface area contributed by atoms with Gasteiger partial charge in [0.2, 0.25) is 0 Å². The van der Waals surface area contributed by atoms with Gasteiger partial charge in [0.1, 0.15) is 5.60 Å². The van der Waals surface area contributed by atoms with Gasteiger partial charge < -0.3 is 19.7 Å². The Morgan fingerprint density at radius 1 is 1.12 bits per heavy atom. The summed E-state index contributed by atoms with van der Waals surface area (Å²) in [7, 11) is 1.23. The highest BCUT2D eigenvalue weighted by molar-refractivity contribution is 6.32. The Morgan fingerprint density at radius 2 is 1.76 bits per heavy atom. The summed E-state index contributed by atoms with van der Waals surface area (Å²) in [5.74, 6) is -0.689. The van der Waals surface area contributed by atoms with Crippen molar-refractivity contribution in [2.24, 2.45) is 11.8 Å². The first-order valence-corrected chi connectivity index (χ1v) is 8.99. The van der Waals surface area contributed by atoms with E-state index in [9.17, 15) is 14.4 Å². The molecule has 2 aliphatic rings. The van der Waals surface area contributed by atoms with Gasteiger partial charge >= 0.3 is 18.0 Å². The molecule has 0 bridgehead atoms. The monoisotopic (exact) mass is 354 g/mol. The maximum absolute atomic E-state index is 12.3. The quantitative estimate of drug-likeness (QED) is 0.606. The standard InChI is InChI=1S/C18H30N2O5/c1-11-6-7-14(20(10-11)15(21)16(22)24-5)12-8-13(9-12)19-17(23)25-18(2,3)4/h11-14H,6-10H2,1-5H3,(H,19,23). The number of amides is 2. The van der Waals surface area contributed by atoms with E-state index < -0.39 is 23.6 Å². The highest BCUT2D eigenvalue weighted by Crippen LogP contribution is 2.38. The van der Waals surface area contributed by atoms with Gasteiger partial charge in [-0.25, -0.2) is 9.59 Å². The minimum absolute atomic E-state index is 0.0412. The van der Waals surface area contributed by atoms with Crippen LogP contribution in [0.2, 0.25) is 0 Å². The molecule has 7 nitrogen and oxygen atoms in total. The second-order valence-electron chi connectivity index (χ2n) is 8.27. The summed E-state index contributed by atoms with van der Waals surface area (Å²) in [6.07, 6.45) is 3.10. The van der Waals surface area contributed by atoms with E-state index in [1.54, 1.807) is 4.90 Å². The Morgan fingerprint density at radius 3 is 2.32 bits per heavy atom. The number of likely N-dealkylation sites (tertiary alicyclic amines) is 1. The largest absolute Gasteiger partial charge is 0.462 e. The molecule has 2 fully saturated rings. The van der Waals surface area contributed by atoms with Gasteiger partial charge in [0.25, 0.3) is 0 Å². The van der Waals surface area contributed by atoms with Crippen LogP contribution < -0.4 is 5.32 Å². The normalized spacial score (nSPS) is 29.4. The van der Waals surface area contributed by atoms with Crippen LogP contribution in [0.25, 0.3) is 0 Å². The van der Waals surface area contributed by atoms with Gasteiger partial charge in [-0.05, 0) is 58.3 Å². The van der Waals surface area contributed by atoms with Crippen LogP contribution in [0.4, 0.5) is 4.79 Å². The zero-order valence-electron chi connectivity index (χ0n) is 15.8. The number of carbonyl (C=O) groups excluding carboxylic acids is 3. The second kappa shape index (κ2) is 7.62. The van der Waals surface area contributed by atoms with Crippen molar-refractivity contribution < 1.29 is 23.9 Å². The average molecular weight is 354 g/mol. The van der Waals surface area contributed by atoms with Crippen molar-refractivity contribution in [1.82, 2.24) is 10.2 Å². The number of piperidine rings is 1. The lowest BCUT2D eigenvalue weighted by atomic mass is 9.72. The highest BCUT2D eigenvalue weighted by Gasteiger charge is 2.43. The fourth-order valence-electron chi connectivity index (χ4n) is 3.67. The van der Waals surface area contributed by atoms with Crippen molar-refractivity contribution in [2.45, 2.75) is 71.1 Å². The van der Waals surface area contributed by atoms with E-state index in [-0.39, 0.29) is 12.1 Å². The van der Waals surface area contributed by atoms with Gasteiger partial charge in [0.15, 0.2) is 0 Å². The zero-order chi connectivity index (χ0) is 18.8. The first-order chi connectivity index (χ1) is 11.6. The fraction of sp³-hybridized carbons (Fsp3) is 0.833. The molecule has 2 amide bonds. The number of hydrogen-bond donors (Lipinski definition) is 1. The van der Waals surface area contributed by atoms with Crippen molar-refractivity contribution in [3.05, 3.63) is 0 Å². The average Bonchev–Trinajstić information content (AvgIpc) is 2.47. The molecule has 7 heteroatoms. The smallest absolute Gasteiger partial charge is 0.407 e. The zero-order valence-corrected chi connectivity index (χ0v) is 15.8. The number of esters is 1. The Hall–Kier alpha value is -1.79. The third-order valence-corrected chi connectivity index (χ3v) is 4.92. The molecular formula is C18H30N2O5. The summed E-state index contributed by atoms with van der Waals surface area (Å²) in [6.45, 7) is 8.15. The minimum Gasteiger partial charge on any atom is -0.462 e. The molecule has 1 heterocycles. The van der Waals surface area contributed by atoms with Crippen LogP contribution in [0, 0.1) is 11.8 Å². The molecule has 1 N–H and O–H groups in total. The summed E-state index contributed by atoms with van der Waals surface area (Å²) in [6, 6.07) is 0.105. The molecule has 0 spiro atoms. The third-order valence-electron chi connectivity index (χ3n) is 4.92. The molecule has 0 aromatic heterocycles. The number of ether oxygens (including phenoxy) is 2. The van der Waals surface area contributed by atoms with Crippen LogP contribution in [0.1, 0.15) is 53.4 Å². The molecule has 2 rings (SSSR count). The molecule has 1 saturated heterocycles. The van der Waals surface area contributed by atoms with Crippen LogP contribution in [0.3, 0.4) is 0 Å². The maximum Gasteiger partial charge on any atom is 0.407 e. The highest BCUT2D eigenvalue weighted by atomic mass is 16.6. The SMILES string of the molecule is COC(=O)C(=O)N1CC(C)CCC1C1CC(NC(=O)OC(C)(C)C)C1. The van der Waals surface area contributed by atoms with Crippen LogP contribution in [-0.2, 0) is 19.1 Å². The van der Waals surface area contributed by atoms with Crippen molar-refractivity contribution in [1.29, 1.82) is 0 Å². The minimum atomic E-state index is -0.804. The molecular weight excluding hydrogens is 324 g/mol. The van der Waals surface area contributed by atoms with E-state index in [1.165, 1.54) is 7.11 Å². The predicted octanol–water partition coefficient (Wildman–Crippen LogP) is 2.09. The van der Waals surface area contributed by atoms with E-state index in [2.05, 4.69) is 17.0 Å². The van der Waals surface area contributed by atoms with Gasteiger partial charge in [0.05, 0.1) is 7.11 Å². The van der Waals surface area contributed by atoms with Gasteiger partial charge in [-0.1, -0.05) is 6.92 Å². The molecule has 0 aromatic carbocycles. The van der Waals surface area contributed by atoms with Crippen LogP contribution in [0.15, 0.2) is 0 Å². The lowest BCUT2D eigenvalue weighted by molar-refractivity contribution is -0.162. The van der Waals surface area contributed by atoms with E-state index in [0.29, 0.717) is 18.4 Å². The summed E-state index contributed by atoms with van der Waals surface area (Å²) < 4.78 is 9.87. The number of nitrogens with zero attached hydrogens (tertiary/aromatic N) is 1. The Labute approximate surface area is 149 Å². The Bertz CT molecular complexity index is 522. The first-order valence-electron chi connectivity index (χ1n) is 8.99. The first kappa shape index (κ1) is 19.5. The van der Waals surface area contributed by atoms with Gasteiger partial charge in [0, 0.05) is 18.6 Å². The van der Waals surface area contributed by atoms with Gasteiger partial charge in [-0.15, -0.1) is 0 Å². The number of nitrogens with one attached hydrogen (secondary N) is 1. The summed E-state index contributed by atoms with van der Waals surface area (Å²) in [5, 5.41) is 2.87. The number of alkyl carbamates (subject to hydrolysis) is 1. The number of hydrogen-bond acceptors (Lipinski definition) is 5. The van der Waals surface area contributed by atoms with Crippen LogP contribution >= 0.6 is 0 Å². The number of methoxy groups -OCH3 is 1. The molecule has 1 aliphatic carbocycles. The maximum atomic E-state index is 12.3. The van der Waals surface area contributed by atoms with Crippen molar-refractivity contribution in [3.63, 3.8) is 0 Å². The van der Waals surface area contributed by atoms with Crippen molar-refractivity contribution >= 4 is 18.0 Å². The molecule has 142 valence electrons. The van der Waals surface area contributed by atoms with E-state index in [1.807, 2.05) is 20.8 Å². The molecule has 25 heavy (non-hydrogen) atoms. The lowest BCUT2D eigenvalue weighted by Crippen LogP contribution is -2.57. The molecule has 2 atom stereocenters. The van der Waals surface area contributed by atoms with Gasteiger partial charge in [-0.3, -0.25) is 4.79 Å². The van der Waals surface area contributed by atoms with Crippen LogP contribution in [-0.4, -0.2) is 54.2 Å². The van der Waals surface area contributed by atoms with Crippen LogP contribution in [0.5, 0.6) is 0 Å². The molecule has 0 radical (unpaired) electrons.